The predicted molar refractivity (Wildman–Crippen MR) is 74.8 cm³/mol. The number of carbonyl (C=O) groups is 2. The van der Waals surface area contributed by atoms with Crippen molar-refractivity contribution in [1.29, 1.82) is 0 Å². The Hall–Kier alpha value is -2.14. The molecule has 0 aliphatic heterocycles. The van der Waals surface area contributed by atoms with Crippen molar-refractivity contribution in [2.24, 2.45) is 0 Å². The summed E-state index contributed by atoms with van der Waals surface area (Å²) in [6.07, 6.45) is 0.233. The number of carboxylic acids is 1. The second-order valence-electron chi connectivity index (χ2n) is 4.12. The molecule has 1 aromatic carbocycles. The van der Waals surface area contributed by atoms with Gasteiger partial charge in [0.15, 0.2) is 0 Å². The molecule has 0 aliphatic rings. The minimum atomic E-state index is -1.03. The number of rotatable bonds is 4. The highest BCUT2D eigenvalue weighted by atomic mass is 32.1. The number of benzene rings is 1. The summed E-state index contributed by atoms with van der Waals surface area (Å²) in [6.45, 7) is 1.81. The van der Waals surface area contributed by atoms with E-state index in [1.807, 2.05) is 37.3 Å². The molecule has 1 amide bonds. The van der Waals surface area contributed by atoms with Gasteiger partial charge in [-0.1, -0.05) is 30.3 Å². The normalized spacial score (nSPS) is 10.2. The number of carbonyl (C=O) groups excluding carboxylic acids is 1. The van der Waals surface area contributed by atoms with Gasteiger partial charge in [0.05, 0.1) is 12.0 Å². The molecule has 4 nitrogen and oxygen atoms in total. The van der Waals surface area contributed by atoms with Gasteiger partial charge in [-0.25, -0.2) is 4.79 Å². The lowest BCUT2D eigenvalue weighted by Gasteiger charge is -2.04. The fourth-order valence-electron chi connectivity index (χ4n) is 1.72. The smallest absolute Gasteiger partial charge is 0.338 e. The van der Waals surface area contributed by atoms with Crippen LogP contribution in [0.15, 0.2) is 36.4 Å². The van der Waals surface area contributed by atoms with Crippen molar-refractivity contribution in [2.45, 2.75) is 13.3 Å². The van der Waals surface area contributed by atoms with Gasteiger partial charge in [0.25, 0.3) is 0 Å². The third kappa shape index (κ3) is 3.42. The van der Waals surface area contributed by atoms with E-state index in [1.54, 1.807) is 6.07 Å². The maximum Gasteiger partial charge on any atom is 0.338 e. The first-order valence-electron chi connectivity index (χ1n) is 5.74. The Labute approximate surface area is 114 Å². The molecule has 0 bridgehead atoms. The van der Waals surface area contributed by atoms with Gasteiger partial charge in [-0.15, -0.1) is 11.3 Å². The van der Waals surface area contributed by atoms with Crippen LogP contribution >= 0.6 is 11.3 Å². The van der Waals surface area contributed by atoms with E-state index >= 15 is 0 Å². The Kier molecular flexibility index (Phi) is 3.97. The lowest BCUT2D eigenvalue weighted by Crippen LogP contribution is -2.15. The van der Waals surface area contributed by atoms with Gasteiger partial charge in [-0.2, -0.15) is 0 Å². The van der Waals surface area contributed by atoms with Gasteiger partial charge in [0, 0.05) is 4.88 Å². The fourth-order valence-corrected chi connectivity index (χ4v) is 2.64. The number of amides is 1. The summed E-state index contributed by atoms with van der Waals surface area (Å²) in [6, 6.07) is 10.9. The summed E-state index contributed by atoms with van der Waals surface area (Å²) in [5.74, 6) is -1.24. The van der Waals surface area contributed by atoms with E-state index in [0.717, 1.165) is 10.4 Å². The van der Waals surface area contributed by atoms with Crippen LogP contribution in [-0.4, -0.2) is 17.0 Å². The number of nitrogens with one attached hydrogen (secondary N) is 1. The molecule has 0 saturated heterocycles. The lowest BCUT2D eigenvalue weighted by molar-refractivity contribution is -0.115. The topological polar surface area (TPSA) is 66.4 Å². The third-order valence-electron chi connectivity index (χ3n) is 2.55. The zero-order chi connectivity index (χ0) is 13.8. The molecule has 0 radical (unpaired) electrons. The highest BCUT2D eigenvalue weighted by Crippen LogP contribution is 2.27. The summed E-state index contributed by atoms with van der Waals surface area (Å²) < 4.78 is 0. The van der Waals surface area contributed by atoms with Crippen LogP contribution < -0.4 is 5.32 Å². The van der Waals surface area contributed by atoms with Crippen molar-refractivity contribution in [3.63, 3.8) is 0 Å². The third-order valence-corrected chi connectivity index (χ3v) is 3.51. The van der Waals surface area contributed by atoms with E-state index < -0.39 is 5.97 Å². The van der Waals surface area contributed by atoms with Gasteiger partial charge in [0.2, 0.25) is 5.91 Å². The Bertz CT molecular complexity index is 604. The van der Waals surface area contributed by atoms with Gasteiger partial charge in [-0.3, -0.25) is 4.79 Å². The van der Waals surface area contributed by atoms with Crippen molar-refractivity contribution < 1.29 is 14.7 Å². The molecule has 0 aliphatic carbocycles. The quantitative estimate of drug-likeness (QED) is 0.901. The first-order valence-corrected chi connectivity index (χ1v) is 6.55. The van der Waals surface area contributed by atoms with E-state index in [1.165, 1.54) is 11.3 Å². The Morgan fingerprint density at radius 3 is 2.58 bits per heavy atom. The van der Waals surface area contributed by atoms with Crippen LogP contribution in [0.4, 0.5) is 5.00 Å². The molecule has 1 aromatic heterocycles. The molecule has 2 N–H and O–H groups in total. The molecule has 0 saturated carbocycles. The van der Waals surface area contributed by atoms with E-state index in [0.29, 0.717) is 5.00 Å². The zero-order valence-electron chi connectivity index (χ0n) is 10.3. The van der Waals surface area contributed by atoms with E-state index in [2.05, 4.69) is 5.32 Å². The number of aromatic carboxylic acids is 1. The molecule has 5 heteroatoms. The predicted octanol–water partition coefficient (Wildman–Crippen LogP) is 2.94. The van der Waals surface area contributed by atoms with Crippen LogP contribution in [0.5, 0.6) is 0 Å². The lowest BCUT2D eigenvalue weighted by atomic mass is 10.1. The van der Waals surface area contributed by atoms with Gasteiger partial charge < -0.3 is 10.4 Å². The van der Waals surface area contributed by atoms with Crippen LogP contribution in [0.2, 0.25) is 0 Å². The molecule has 2 aromatic rings. The number of aryl methyl sites for hydroxylation is 1. The second-order valence-corrected chi connectivity index (χ2v) is 5.37. The van der Waals surface area contributed by atoms with E-state index in [4.69, 9.17) is 5.11 Å². The van der Waals surface area contributed by atoms with E-state index in [-0.39, 0.29) is 17.9 Å². The van der Waals surface area contributed by atoms with Crippen molar-refractivity contribution in [1.82, 2.24) is 0 Å². The standard InChI is InChI=1S/C14H13NO3S/c1-9-7-11(14(17)18)13(19-9)15-12(16)8-10-5-3-2-4-6-10/h2-7H,8H2,1H3,(H,15,16)(H,17,18). The second kappa shape index (κ2) is 5.67. The number of thiophene rings is 1. The first kappa shape index (κ1) is 13.3. The molecule has 0 fully saturated rings. The van der Waals surface area contributed by atoms with Gasteiger partial charge in [-0.05, 0) is 18.6 Å². The maximum atomic E-state index is 11.9. The summed E-state index contributed by atoms with van der Waals surface area (Å²) in [5.41, 5.74) is 1.04. The van der Waals surface area contributed by atoms with Crippen LogP contribution in [0.3, 0.4) is 0 Å². The Morgan fingerprint density at radius 2 is 1.95 bits per heavy atom. The molecule has 19 heavy (non-hydrogen) atoms. The number of hydrogen-bond donors (Lipinski definition) is 2. The molecular formula is C14H13NO3S. The van der Waals surface area contributed by atoms with Gasteiger partial charge in [0.1, 0.15) is 5.00 Å². The first-order chi connectivity index (χ1) is 9.06. The molecule has 0 atom stereocenters. The highest BCUT2D eigenvalue weighted by molar-refractivity contribution is 7.16. The van der Waals surface area contributed by atoms with Crippen molar-refractivity contribution in [2.75, 3.05) is 5.32 Å². The average molecular weight is 275 g/mol. The van der Waals surface area contributed by atoms with Crippen molar-refractivity contribution >= 4 is 28.2 Å². The van der Waals surface area contributed by atoms with Crippen LogP contribution in [0, 0.1) is 6.92 Å². The monoisotopic (exact) mass is 275 g/mol. The molecule has 2 rings (SSSR count). The van der Waals surface area contributed by atoms with Crippen molar-refractivity contribution in [3.8, 4) is 0 Å². The number of anilines is 1. The molecule has 1 heterocycles. The Morgan fingerprint density at radius 1 is 1.26 bits per heavy atom. The number of hydrogen-bond acceptors (Lipinski definition) is 3. The van der Waals surface area contributed by atoms with Crippen molar-refractivity contribution in [3.05, 3.63) is 52.4 Å². The molecule has 0 unspecified atom stereocenters. The largest absolute Gasteiger partial charge is 0.478 e. The summed E-state index contributed by atoms with van der Waals surface area (Å²) in [7, 11) is 0. The molecular weight excluding hydrogens is 262 g/mol. The SMILES string of the molecule is Cc1cc(C(=O)O)c(NC(=O)Cc2ccccc2)s1. The van der Waals surface area contributed by atoms with E-state index in [9.17, 15) is 9.59 Å². The minimum Gasteiger partial charge on any atom is -0.478 e. The highest BCUT2D eigenvalue weighted by Gasteiger charge is 2.15. The van der Waals surface area contributed by atoms with Crippen LogP contribution in [-0.2, 0) is 11.2 Å². The fraction of sp³-hybridized carbons (Fsp3) is 0.143. The average Bonchev–Trinajstić information content (AvgIpc) is 2.71. The Balaban J connectivity index is 2.09. The van der Waals surface area contributed by atoms with Gasteiger partial charge >= 0.3 is 5.97 Å². The summed E-state index contributed by atoms with van der Waals surface area (Å²) in [4.78, 5) is 23.8. The zero-order valence-corrected chi connectivity index (χ0v) is 11.2. The van der Waals surface area contributed by atoms with Crippen LogP contribution in [0.25, 0.3) is 0 Å². The molecule has 0 spiro atoms. The summed E-state index contributed by atoms with van der Waals surface area (Å²) >= 11 is 1.27. The number of carboxylic acid groups (broad SMARTS) is 1. The molecule has 98 valence electrons. The summed E-state index contributed by atoms with van der Waals surface area (Å²) in [5, 5.41) is 12.1. The minimum absolute atomic E-state index is 0.143. The van der Waals surface area contributed by atoms with Crippen LogP contribution in [0.1, 0.15) is 20.8 Å². The maximum absolute atomic E-state index is 11.9.